The van der Waals surface area contributed by atoms with E-state index in [9.17, 15) is 64.8 Å². The van der Waals surface area contributed by atoms with Crippen LogP contribution in [0, 0.1) is 5.92 Å². The predicted octanol–water partition coefficient (Wildman–Crippen LogP) is 5.35. The van der Waals surface area contributed by atoms with Crippen LogP contribution in [-0.2, 0) is 43.1 Å². The highest BCUT2D eigenvalue weighted by molar-refractivity contribution is 6.32. The number of hydrogen-bond acceptors (Lipinski definition) is 22. The number of fused-ring (bicyclic) bond motifs is 15. The molecule has 20 N–H and O–H groups in total. The second-order valence-corrected chi connectivity index (χ2v) is 28.6. The Morgan fingerprint density at radius 1 is 0.607 bits per heavy atom. The fourth-order valence-electron chi connectivity index (χ4n) is 13.6. The molecule has 6 aliphatic rings. The Kier molecular flexibility index (Phi) is 28.8. The van der Waals surface area contributed by atoms with Gasteiger partial charge in [-0.2, -0.15) is 0 Å². The molecule has 5 aromatic rings. The smallest absolute Gasteiger partial charge is 0.248 e. The van der Waals surface area contributed by atoms with E-state index in [0.29, 0.717) is 6.42 Å². The van der Waals surface area contributed by atoms with E-state index in [1.807, 2.05) is 13.8 Å². The summed E-state index contributed by atoms with van der Waals surface area (Å²) in [5.41, 5.74) is 9.47. The largest absolute Gasteiger partial charge is 0.508 e. The molecule has 0 aliphatic carbocycles. The normalized spacial score (nSPS) is 24.1. The van der Waals surface area contributed by atoms with Crippen molar-refractivity contribution < 1.29 is 98.2 Å². The van der Waals surface area contributed by atoms with E-state index in [2.05, 4.69) is 49.5 Å². The van der Waals surface area contributed by atoms with Gasteiger partial charge >= 0.3 is 0 Å². The molecule has 0 radical (unpaired) electrons. The van der Waals surface area contributed by atoms with E-state index in [1.165, 1.54) is 88.7 Å². The summed E-state index contributed by atoms with van der Waals surface area (Å²) in [6.45, 7) is 5.29. The number of carbonyl (C=O) groups excluding carboxylic acids is 8. The maximum Gasteiger partial charge on any atom is 0.248 e. The first-order valence-electron chi connectivity index (χ1n) is 36.1. The van der Waals surface area contributed by atoms with Crippen molar-refractivity contribution in [1.82, 2.24) is 42.5 Å². The summed E-state index contributed by atoms with van der Waals surface area (Å²) >= 11 is 14.2. The number of primary amides is 2. The van der Waals surface area contributed by atoms with Crippen LogP contribution in [0.3, 0.4) is 0 Å². The second-order valence-electron chi connectivity index (χ2n) is 27.8. The van der Waals surface area contributed by atoms with E-state index < -0.39 is 191 Å². The summed E-state index contributed by atoms with van der Waals surface area (Å²) in [5.74, 6) is -14.2. The van der Waals surface area contributed by atoms with Crippen LogP contribution in [0.25, 0.3) is 11.1 Å². The maximum atomic E-state index is 16.1. The highest BCUT2D eigenvalue weighted by atomic mass is 35.5. The third-order valence-electron chi connectivity index (χ3n) is 19.4. The quantitative estimate of drug-likeness (QED) is 0.0295. The van der Waals surface area contributed by atoms with Crippen LogP contribution >= 0.6 is 23.2 Å². The number of nitrogens with one attached hydrogen (secondary N) is 8. The molecule has 107 heavy (non-hydrogen) atoms. The number of hydrogen-bond donors (Lipinski definition) is 18. The number of benzene rings is 5. The lowest BCUT2D eigenvalue weighted by Gasteiger charge is -2.42. The minimum Gasteiger partial charge on any atom is -0.508 e. The minimum absolute atomic E-state index is 0.0725. The molecule has 11 rings (SSSR count). The standard InChI is InChI=1S/C75H96Cl2N10O20/c1-5-6-7-8-9-10-11-12-13-14-15-16-17-18-25-81-62-66(96)65(95)54(35-88)106-75(62)107-67-52-30-40-31-53(67)105-51-24-21-39(29-45(51)77)64(94)61-74(103)85-59(68(79)97)43-32-41(89)33-49(91)56(43)42-27-37(19-22-48(42)90)57(71(100)87-61)84-72(101)58(40)83-70(99)47(34-55(78)92)82-73(102)60(86-69(98)46(80-4)26-36(2)3)63(93)38-20-23-50(104-52)44(76)28-38/h19-24,27-33,36,46-47,54,57-66,75,80-81,88-91,93-96H,5-18,25-26,34-35H2,1-4H3,(H2,78,92)(H2,79,97)(H,82,102)(H,83,99)(H,84,101)(H,85,103)(H,86,98)(H,87,100)/t46-,47+,54-,57-,58-,59?,60-,61+,62-,63-,64-,65-,66-,75+/m1/s1. The van der Waals surface area contributed by atoms with Crippen LogP contribution in [-0.4, -0.2) is 163 Å². The zero-order valence-electron chi connectivity index (χ0n) is 59.8. The fraction of sp³-hybridized carbons (Fsp3) is 0.493. The fourth-order valence-corrected chi connectivity index (χ4v) is 14.0. The molecule has 0 aromatic heterocycles. The van der Waals surface area contributed by atoms with Gasteiger partial charge in [-0.15, -0.1) is 0 Å². The molecule has 14 atom stereocenters. The number of rotatable bonds is 27. The molecule has 8 amide bonds. The van der Waals surface area contributed by atoms with Crippen LogP contribution in [0.4, 0.5) is 0 Å². The number of halogens is 2. The molecule has 6 aliphatic heterocycles. The van der Waals surface area contributed by atoms with Crippen LogP contribution < -0.4 is 68.2 Å². The molecular weight excluding hydrogens is 1430 g/mol. The molecule has 5 aromatic carbocycles. The highest BCUT2D eigenvalue weighted by Gasteiger charge is 2.47. The van der Waals surface area contributed by atoms with Gasteiger partial charge in [-0.1, -0.05) is 146 Å². The van der Waals surface area contributed by atoms with Gasteiger partial charge in [0.15, 0.2) is 11.5 Å². The first kappa shape index (κ1) is 82.0. The van der Waals surface area contributed by atoms with Gasteiger partial charge in [-0.05, 0) is 115 Å². The topological polar surface area (TPSA) is 484 Å². The number of ether oxygens (including phenoxy) is 4. The molecule has 32 heteroatoms. The molecule has 30 nitrogen and oxygen atoms in total. The van der Waals surface area contributed by atoms with Gasteiger partial charge in [0, 0.05) is 17.2 Å². The zero-order valence-corrected chi connectivity index (χ0v) is 61.3. The predicted molar refractivity (Wildman–Crippen MR) is 391 cm³/mol. The van der Waals surface area contributed by atoms with Gasteiger partial charge in [-0.3, -0.25) is 38.4 Å². The Labute approximate surface area is 628 Å². The monoisotopic (exact) mass is 1530 g/mol. The van der Waals surface area contributed by atoms with Crippen molar-refractivity contribution in [3.05, 3.63) is 117 Å². The van der Waals surface area contributed by atoms with Gasteiger partial charge < -0.3 is 114 Å². The summed E-state index contributed by atoms with van der Waals surface area (Å²) < 4.78 is 26.5. The van der Waals surface area contributed by atoms with Crippen molar-refractivity contribution in [1.29, 1.82) is 0 Å². The first-order valence-corrected chi connectivity index (χ1v) is 36.8. The van der Waals surface area contributed by atoms with Crippen molar-refractivity contribution in [2.24, 2.45) is 17.4 Å². The van der Waals surface area contributed by atoms with Crippen LogP contribution in [0.5, 0.6) is 46.0 Å². The third-order valence-corrected chi connectivity index (χ3v) is 20.0. The lowest BCUT2D eigenvalue weighted by Crippen LogP contribution is -2.64. The molecule has 1 unspecified atom stereocenters. The van der Waals surface area contributed by atoms with Crippen LogP contribution in [0.15, 0.2) is 78.9 Å². The van der Waals surface area contributed by atoms with Crippen molar-refractivity contribution >= 4 is 70.5 Å². The number of likely N-dealkylation sites (N-methyl/N-ethyl adjacent to an activating group) is 1. The molecule has 580 valence electrons. The lowest BCUT2D eigenvalue weighted by atomic mass is 9.89. The first-order chi connectivity index (χ1) is 51.1. The van der Waals surface area contributed by atoms with Gasteiger partial charge in [-0.25, -0.2) is 0 Å². The van der Waals surface area contributed by atoms with E-state index in [0.717, 1.165) is 80.6 Å². The van der Waals surface area contributed by atoms with E-state index in [1.54, 1.807) is 0 Å². The van der Waals surface area contributed by atoms with Gasteiger partial charge in [0.25, 0.3) is 0 Å². The summed E-state index contributed by atoms with van der Waals surface area (Å²) in [4.78, 5) is 117. The summed E-state index contributed by atoms with van der Waals surface area (Å²) in [7, 11) is 1.50. The Morgan fingerprint density at radius 3 is 1.73 bits per heavy atom. The van der Waals surface area contributed by atoms with Crippen LogP contribution in [0.2, 0.25) is 10.0 Å². The number of aliphatic hydroxyl groups is 5. The average molecular weight is 1530 g/mol. The third kappa shape index (κ3) is 20.4. The number of aromatic hydroxyl groups is 3. The Morgan fingerprint density at radius 2 is 1.17 bits per heavy atom. The zero-order chi connectivity index (χ0) is 77.5. The molecule has 11 bridgehead atoms. The number of phenolic OH excluding ortho intramolecular Hbond substituents is 3. The molecular formula is C75H96Cl2N10O20. The van der Waals surface area contributed by atoms with Crippen molar-refractivity contribution in [3.63, 3.8) is 0 Å². The molecule has 1 fully saturated rings. The maximum absolute atomic E-state index is 16.1. The highest BCUT2D eigenvalue weighted by Crippen LogP contribution is 2.49. The Bertz CT molecular complexity index is 4040. The van der Waals surface area contributed by atoms with Crippen molar-refractivity contribution in [3.8, 4) is 57.1 Å². The van der Waals surface area contributed by atoms with E-state index >= 15 is 14.4 Å². The number of unbranched alkanes of at least 4 members (excludes halogenated alkanes) is 13. The van der Waals surface area contributed by atoms with Gasteiger partial charge in [0.1, 0.15) is 95.5 Å². The summed E-state index contributed by atoms with van der Waals surface area (Å²) in [5, 5.41) is 113. The summed E-state index contributed by atoms with van der Waals surface area (Å²) in [6, 6.07) is -0.388. The van der Waals surface area contributed by atoms with Crippen LogP contribution in [0.1, 0.15) is 182 Å². The molecule has 6 heterocycles. The average Bonchev–Trinajstić information content (AvgIpc) is 0.769. The minimum atomic E-state index is -2.26. The number of nitrogens with two attached hydrogens (primary N) is 2. The molecule has 0 spiro atoms. The number of phenols is 3. The summed E-state index contributed by atoms with van der Waals surface area (Å²) in [6.07, 6.45) is 3.77. The SMILES string of the molecule is CCCCCCCCCCCCCCCCN[C@H]1[C@H](Oc2c3cc4cc2Oc2ccc(cc2Cl)[C@@H](O)[C@@H](NC(=O)[C@@H](CC(C)C)NC)C(=O)N[C@@H](CC(N)=O)C(=O)N[C@H]4C(=O)N[C@H]2C(=O)N[C@H](C(=O)NC(C(N)=O)c4cc(O)cc(O)c4-c4cc2ccc4O)[C@H](O)c2ccc(c(Cl)c2)O3)O[C@H](CO)[C@@H](O)[C@@H]1O. The van der Waals surface area contributed by atoms with Crippen molar-refractivity contribution in [2.45, 2.75) is 209 Å². The number of carbonyl (C=O) groups is 8. The lowest BCUT2D eigenvalue weighted by molar-refractivity contribution is -0.245. The van der Waals surface area contributed by atoms with Gasteiger partial charge in [0.05, 0.1) is 35.2 Å². The van der Waals surface area contributed by atoms with E-state index in [-0.39, 0.29) is 68.2 Å². The molecule has 0 saturated carbocycles. The Balaban J connectivity index is 1.23. The molecule has 1 saturated heterocycles. The van der Waals surface area contributed by atoms with Crippen molar-refractivity contribution in [2.75, 3.05) is 20.2 Å². The number of aliphatic hydroxyl groups excluding tert-OH is 5. The van der Waals surface area contributed by atoms with E-state index in [4.69, 9.17) is 53.6 Å². The van der Waals surface area contributed by atoms with Gasteiger partial charge in [0.2, 0.25) is 59.3 Å². The number of amides is 8. The second kappa shape index (κ2) is 37.6. The Hall–Kier alpha value is -9.08.